The van der Waals surface area contributed by atoms with Gasteiger partial charge < -0.3 is 10.6 Å². The van der Waals surface area contributed by atoms with Crippen LogP contribution < -0.4 is 5.73 Å². The minimum atomic E-state index is -0.613. The molecule has 3 aromatic rings. The van der Waals surface area contributed by atoms with Crippen LogP contribution in [-0.4, -0.2) is 23.9 Å². The average molecular weight is 467 g/mol. The van der Waals surface area contributed by atoms with E-state index in [9.17, 15) is 18.0 Å². The van der Waals surface area contributed by atoms with Crippen molar-refractivity contribution in [2.75, 3.05) is 13.1 Å². The molecule has 3 nitrogen and oxygen atoms in total. The Morgan fingerprint density at radius 1 is 0.971 bits per heavy atom. The first kappa shape index (κ1) is 24.0. The highest BCUT2D eigenvalue weighted by atomic mass is 19.1. The van der Waals surface area contributed by atoms with Crippen LogP contribution in [0.3, 0.4) is 0 Å². The number of carbonyl (C=O) groups is 1. The van der Waals surface area contributed by atoms with Crippen LogP contribution in [0.1, 0.15) is 49.8 Å². The van der Waals surface area contributed by atoms with E-state index in [0.29, 0.717) is 30.6 Å². The third kappa shape index (κ3) is 4.87. The highest BCUT2D eigenvalue weighted by Crippen LogP contribution is 2.42. The van der Waals surface area contributed by atoms with E-state index in [4.69, 9.17) is 5.73 Å². The van der Waals surface area contributed by atoms with E-state index < -0.39 is 11.6 Å². The van der Waals surface area contributed by atoms with Crippen molar-refractivity contribution in [3.63, 3.8) is 0 Å². The predicted octanol–water partition coefficient (Wildman–Crippen LogP) is 6.13. The summed E-state index contributed by atoms with van der Waals surface area (Å²) in [5.74, 6) is -1.47. The van der Waals surface area contributed by atoms with Crippen LogP contribution in [0, 0.1) is 17.5 Å². The topological polar surface area (TPSA) is 46.3 Å². The van der Waals surface area contributed by atoms with Crippen molar-refractivity contribution in [3.8, 4) is 11.1 Å². The third-order valence-corrected chi connectivity index (χ3v) is 7.06. The average Bonchev–Trinajstić information content (AvgIpc) is 2.83. The molecule has 0 aromatic heterocycles. The molecule has 0 radical (unpaired) electrons. The molecule has 1 aliphatic heterocycles. The summed E-state index contributed by atoms with van der Waals surface area (Å²) in [6.45, 7) is 3.10. The Hall–Kier alpha value is -3.12. The van der Waals surface area contributed by atoms with Gasteiger partial charge in [0.25, 0.3) is 0 Å². The fourth-order valence-electron chi connectivity index (χ4n) is 5.04. The smallest absolute Gasteiger partial charge is 0.223 e. The Morgan fingerprint density at radius 2 is 1.65 bits per heavy atom. The van der Waals surface area contributed by atoms with Gasteiger partial charge in [-0.05, 0) is 73.7 Å². The predicted molar refractivity (Wildman–Crippen MR) is 128 cm³/mol. The lowest BCUT2D eigenvalue weighted by molar-refractivity contribution is -0.138. The van der Waals surface area contributed by atoms with Crippen LogP contribution in [0.2, 0.25) is 0 Å². The molecule has 0 spiro atoms. The van der Waals surface area contributed by atoms with Gasteiger partial charge in [-0.3, -0.25) is 4.79 Å². The van der Waals surface area contributed by atoms with Crippen LogP contribution in [0.5, 0.6) is 0 Å². The van der Waals surface area contributed by atoms with Gasteiger partial charge >= 0.3 is 0 Å². The number of amides is 1. The molecule has 2 atom stereocenters. The zero-order valence-electron chi connectivity index (χ0n) is 19.2. The lowest BCUT2D eigenvalue weighted by atomic mass is 9.69. The molecule has 34 heavy (non-hydrogen) atoms. The van der Waals surface area contributed by atoms with Crippen molar-refractivity contribution >= 4 is 5.91 Å². The number of carbonyl (C=O) groups excluding carboxylic acids is 1. The molecular formula is C28H29F3N2O. The van der Waals surface area contributed by atoms with Gasteiger partial charge in [-0.25, -0.2) is 13.2 Å². The molecule has 6 heteroatoms. The molecular weight excluding hydrogens is 437 g/mol. The summed E-state index contributed by atoms with van der Waals surface area (Å²) >= 11 is 0. The molecule has 0 saturated carbocycles. The van der Waals surface area contributed by atoms with Crippen LogP contribution in [0.25, 0.3) is 11.1 Å². The maximum absolute atomic E-state index is 14.1. The van der Waals surface area contributed by atoms with Crippen molar-refractivity contribution in [1.29, 1.82) is 0 Å². The van der Waals surface area contributed by atoms with Crippen LogP contribution in [0.15, 0.2) is 66.7 Å². The first-order valence-corrected chi connectivity index (χ1v) is 11.6. The number of nitrogens with two attached hydrogens (primary N) is 1. The first-order valence-electron chi connectivity index (χ1n) is 11.6. The fourth-order valence-corrected chi connectivity index (χ4v) is 5.04. The van der Waals surface area contributed by atoms with Gasteiger partial charge in [-0.2, -0.15) is 0 Å². The molecule has 3 aromatic carbocycles. The Morgan fingerprint density at radius 3 is 2.26 bits per heavy atom. The maximum atomic E-state index is 14.1. The first-order chi connectivity index (χ1) is 16.3. The highest BCUT2D eigenvalue weighted by Gasteiger charge is 2.41. The summed E-state index contributed by atoms with van der Waals surface area (Å²) in [6.07, 6.45) is 2.69. The van der Waals surface area contributed by atoms with Crippen molar-refractivity contribution in [2.24, 2.45) is 5.73 Å². The number of nitrogens with zero attached hydrogens (tertiary/aromatic N) is 1. The lowest BCUT2D eigenvalue weighted by Gasteiger charge is -2.44. The number of piperidine rings is 1. The van der Waals surface area contributed by atoms with E-state index in [1.165, 1.54) is 24.3 Å². The van der Waals surface area contributed by atoms with Gasteiger partial charge in [0.15, 0.2) is 0 Å². The van der Waals surface area contributed by atoms with Gasteiger partial charge in [0.05, 0.1) is 6.04 Å². The molecule has 0 aliphatic carbocycles. The second-order valence-electron chi connectivity index (χ2n) is 9.12. The molecule has 1 fully saturated rings. The largest absolute Gasteiger partial charge is 0.336 e. The Bertz CT molecular complexity index is 1150. The monoisotopic (exact) mass is 466 g/mol. The summed E-state index contributed by atoms with van der Waals surface area (Å²) in [5, 5.41) is 0. The molecule has 2 N–H and O–H groups in total. The minimum absolute atomic E-state index is 0.0498. The van der Waals surface area contributed by atoms with Crippen LogP contribution in [-0.2, 0) is 10.2 Å². The van der Waals surface area contributed by atoms with Gasteiger partial charge in [0.1, 0.15) is 17.5 Å². The van der Waals surface area contributed by atoms with Crippen molar-refractivity contribution in [2.45, 2.75) is 44.1 Å². The van der Waals surface area contributed by atoms with Crippen LogP contribution in [0.4, 0.5) is 13.2 Å². The number of halogens is 3. The van der Waals surface area contributed by atoms with E-state index in [1.54, 1.807) is 24.3 Å². The van der Waals surface area contributed by atoms with E-state index >= 15 is 0 Å². The molecule has 0 bridgehead atoms. The SMILES string of the molecule is C[C@@H](c1ccc(-c2ccc(F)cc2F)cc1)N1CCC(CCCN)(c2ccc(F)cc2)CC1=O. The fraction of sp³-hybridized carbons (Fsp3) is 0.321. The number of likely N-dealkylation sites (tertiary alicyclic amines) is 1. The number of hydrogen-bond acceptors (Lipinski definition) is 2. The number of rotatable bonds is 7. The van der Waals surface area contributed by atoms with Gasteiger partial charge in [0.2, 0.25) is 5.91 Å². The second-order valence-corrected chi connectivity index (χ2v) is 9.12. The standard InChI is InChI=1S/C28H29F3N2O/c1-19(20-3-5-21(6-4-20)25-12-11-24(30)17-26(25)31)33-16-14-28(13-2-15-32,18-27(33)34)22-7-9-23(29)10-8-22/h3-12,17,19H,2,13-16,18,32H2,1H3/t19-,28?/m0/s1. The Balaban J connectivity index is 1.52. The van der Waals surface area contributed by atoms with Crippen LogP contribution >= 0.6 is 0 Å². The van der Waals surface area contributed by atoms with E-state index in [2.05, 4.69) is 0 Å². The maximum Gasteiger partial charge on any atom is 0.223 e. The summed E-state index contributed by atoms with van der Waals surface area (Å²) in [5.41, 5.74) is 8.33. The summed E-state index contributed by atoms with van der Waals surface area (Å²) in [4.78, 5) is 15.2. The molecule has 1 saturated heterocycles. The lowest BCUT2D eigenvalue weighted by Crippen LogP contribution is -2.47. The zero-order chi connectivity index (χ0) is 24.3. The van der Waals surface area contributed by atoms with Crippen molar-refractivity contribution in [3.05, 3.63) is 95.3 Å². The second kappa shape index (κ2) is 10.0. The normalized spacial score (nSPS) is 19.3. The highest BCUT2D eigenvalue weighted by molar-refractivity contribution is 5.79. The molecule has 1 unspecified atom stereocenters. The number of benzene rings is 3. The minimum Gasteiger partial charge on any atom is -0.336 e. The summed E-state index contributed by atoms with van der Waals surface area (Å²) < 4.78 is 40.9. The Labute approximate surface area is 198 Å². The van der Waals surface area contributed by atoms with Gasteiger partial charge in [-0.15, -0.1) is 0 Å². The van der Waals surface area contributed by atoms with E-state index in [0.717, 1.165) is 36.5 Å². The molecule has 4 rings (SSSR count). The summed E-state index contributed by atoms with van der Waals surface area (Å²) in [6, 6.07) is 17.2. The van der Waals surface area contributed by atoms with E-state index in [-0.39, 0.29) is 23.2 Å². The quantitative estimate of drug-likeness (QED) is 0.455. The molecule has 1 aliphatic rings. The van der Waals surface area contributed by atoms with Gasteiger partial charge in [-0.1, -0.05) is 36.4 Å². The number of hydrogen-bond donors (Lipinski definition) is 1. The molecule has 1 heterocycles. The Kier molecular flexibility index (Phi) is 7.08. The van der Waals surface area contributed by atoms with E-state index in [1.807, 2.05) is 24.0 Å². The van der Waals surface area contributed by atoms with Crippen molar-refractivity contribution in [1.82, 2.24) is 4.90 Å². The summed E-state index contributed by atoms with van der Waals surface area (Å²) in [7, 11) is 0. The molecule has 178 valence electrons. The van der Waals surface area contributed by atoms with Gasteiger partial charge in [0, 0.05) is 30.0 Å². The van der Waals surface area contributed by atoms with Crippen molar-refractivity contribution < 1.29 is 18.0 Å². The third-order valence-electron chi connectivity index (χ3n) is 7.06. The molecule has 1 amide bonds. The zero-order valence-corrected chi connectivity index (χ0v) is 19.2.